The summed E-state index contributed by atoms with van der Waals surface area (Å²) < 4.78 is 17.2. The molecular formula is C13H20O3S. The highest BCUT2D eigenvalue weighted by Crippen LogP contribution is 2.40. The minimum atomic E-state index is -0.638. The highest BCUT2D eigenvalue weighted by atomic mass is 32.2. The van der Waals surface area contributed by atoms with Crippen molar-refractivity contribution in [3.63, 3.8) is 0 Å². The lowest BCUT2D eigenvalue weighted by Crippen LogP contribution is -2.36. The molecule has 0 aromatic rings. The second-order valence-electron chi connectivity index (χ2n) is 5.61. The predicted molar refractivity (Wildman–Crippen MR) is 66.2 cm³/mol. The number of rotatable bonds is 2. The van der Waals surface area contributed by atoms with Crippen LogP contribution in [-0.2, 0) is 20.3 Å². The molecule has 0 aliphatic carbocycles. The largest absolute Gasteiger partial charge is 0.381 e. The monoisotopic (exact) mass is 256 g/mol. The molecule has 0 aromatic heterocycles. The number of ketones is 1. The van der Waals surface area contributed by atoms with Gasteiger partial charge in [0, 0.05) is 46.3 Å². The second-order valence-corrected chi connectivity index (χ2v) is 7.60. The lowest BCUT2D eigenvalue weighted by Gasteiger charge is -2.30. The molecule has 3 saturated heterocycles. The maximum atomic E-state index is 12.4. The van der Waals surface area contributed by atoms with Crippen LogP contribution in [0.5, 0.6) is 0 Å². The molecule has 0 saturated carbocycles. The van der Waals surface area contributed by atoms with Gasteiger partial charge in [0.25, 0.3) is 0 Å². The molecule has 0 N–H and O–H groups in total. The normalized spacial score (nSPS) is 42.6. The van der Waals surface area contributed by atoms with E-state index in [9.17, 15) is 9.00 Å². The zero-order valence-corrected chi connectivity index (χ0v) is 10.9. The van der Waals surface area contributed by atoms with Crippen molar-refractivity contribution in [2.45, 2.75) is 49.0 Å². The first kappa shape index (κ1) is 11.8. The standard InChI is InChI=1S/C13H20O3S/c14-13(9-3-5-16-6-4-9)10-7-11-1-2-12(8-10)17(11)15/h9-12H,1-8H2. The highest BCUT2D eigenvalue weighted by Gasteiger charge is 2.43. The third-order valence-corrected chi connectivity index (χ3v) is 6.76. The van der Waals surface area contributed by atoms with Gasteiger partial charge in [-0.15, -0.1) is 0 Å². The molecule has 3 rings (SSSR count). The summed E-state index contributed by atoms with van der Waals surface area (Å²) in [5, 5.41) is 0.644. The van der Waals surface area contributed by atoms with Crippen LogP contribution in [0.2, 0.25) is 0 Å². The van der Waals surface area contributed by atoms with E-state index in [-0.39, 0.29) is 11.8 Å². The first-order valence-electron chi connectivity index (χ1n) is 6.76. The van der Waals surface area contributed by atoms with E-state index in [1.54, 1.807) is 0 Å². The van der Waals surface area contributed by atoms with Crippen LogP contribution in [0.4, 0.5) is 0 Å². The SMILES string of the molecule is O=C(C1CCOCC1)C1CC2CCC(C1)S2=O. The number of carbonyl (C=O) groups excluding carboxylic acids is 1. The van der Waals surface area contributed by atoms with E-state index in [2.05, 4.69) is 0 Å². The van der Waals surface area contributed by atoms with Gasteiger partial charge in [-0.25, -0.2) is 0 Å². The Morgan fingerprint density at radius 2 is 1.53 bits per heavy atom. The first-order chi connectivity index (χ1) is 8.25. The van der Waals surface area contributed by atoms with E-state index >= 15 is 0 Å². The Kier molecular flexibility index (Phi) is 3.35. The third kappa shape index (κ3) is 2.22. The minimum Gasteiger partial charge on any atom is -0.381 e. The van der Waals surface area contributed by atoms with Crippen LogP contribution in [0.25, 0.3) is 0 Å². The van der Waals surface area contributed by atoms with Crippen molar-refractivity contribution in [2.75, 3.05) is 13.2 Å². The average molecular weight is 256 g/mol. The van der Waals surface area contributed by atoms with Crippen molar-refractivity contribution in [3.8, 4) is 0 Å². The molecule has 3 heterocycles. The van der Waals surface area contributed by atoms with Gasteiger partial charge in [0.15, 0.2) is 0 Å². The van der Waals surface area contributed by atoms with Crippen LogP contribution in [-0.4, -0.2) is 33.7 Å². The number of Topliss-reactive ketones (excluding diaryl/α,β-unsaturated/α-hetero) is 1. The summed E-state index contributed by atoms with van der Waals surface area (Å²) in [7, 11) is -0.638. The number of fused-ring (bicyclic) bond motifs is 2. The van der Waals surface area contributed by atoms with Crippen molar-refractivity contribution >= 4 is 16.6 Å². The summed E-state index contributed by atoms with van der Waals surface area (Å²) in [5.41, 5.74) is 0. The molecule has 0 aromatic carbocycles. The average Bonchev–Trinajstić information content (AvgIpc) is 2.61. The molecule has 0 radical (unpaired) electrons. The maximum absolute atomic E-state index is 12.4. The molecule has 2 bridgehead atoms. The Balaban J connectivity index is 1.65. The smallest absolute Gasteiger partial charge is 0.139 e. The number of carbonyl (C=O) groups is 1. The minimum absolute atomic E-state index is 0.202. The Hall–Kier alpha value is -0.220. The summed E-state index contributed by atoms with van der Waals surface area (Å²) in [6.07, 6.45) is 5.73. The van der Waals surface area contributed by atoms with Gasteiger partial charge in [-0.05, 0) is 38.5 Å². The summed E-state index contributed by atoms with van der Waals surface area (Å²) in [6, 6.07) is 0. The first-order valence-corrected chi connectivity index (χ1v) is 8.04. The molecule has 3 aliphatic heterocycles. The second kappa shape index (κ2) is 4.81. The molecule has 17 heavy (non-hydrogen) atoms. The van der Waals surface area contributed by atoms with Crippen molar-refractivity contribution in [2.24, 2.45) is 11.8 Å². The van der Waals surface area contributed by atoms with Gasteiger partial charge in [-0.3, -0.25) is 9.00 Å². The van der Waals surface area contributed by atoms with Crippen molar-refractivity contribution in [1.82, 2.24) is 0 Å². The fourth-order valence-electron chi connectivity index (χ4n) is 3.58. The molecule has 0 spiro atoms. The summed E-state index contributed by atoms with van der Waals surface area (Å²) in [4.78, 5) is 12.4. The quantitative estimate of drug-likeness (QED) is 0.755. The van der Waals surface area contributed by atoms with Gasteiger partial charge in [-0.2, -0.15) is 0 Å². The topological polar surface area (TPSA) is 43.4 Å². The van der Waals surface area contributed by atoms with Gasteiger partial charge in [0.2, 0.25) is 0 Å². The molecule has 4 heteroatoms. The van der Waals surface area contributed by atoms with E-state index in [1.165, 1.54) is 0 Å². The Labute approximate surface area is 105 Å². The van der Waals surface area contributed by atoms with Gasteiger partial charge in [0.1, 0.15) is 5.78 Å². The summed E-state index contributed by atoms with van der Waals surface area (Å²) in [6.45, 7) is 1.48. The van der Waals surface area contributed by atoms with Crippen LogP contribution in [0.1, 0.15) is 38.5 Å². The van der Waals surface area contributed by atoms with E-state index in [0.717, 1.165) is 51.7 Å². The lowest BCUT2D eigenvalue weighted by atomic mass is 9.83. The Morgan fingerprint density at radius 1 is 0.941 bits per heavy atom. The van der Waals surface area contributed by atoms with Crippen LogP contribution in [0.3, 0.4) is 0 Å². The number of hydrogen-bond donors (Lipinski definition) is 0. The predicted octanol–water partition coefficient (Wildman–Crippen LogP) is 1.67. The summed E-state index contributed by atoms with van der Waals surface area (Å²) >= 11 is 0. The van der Waals surface area contributed by atoms with Gasteiger partial charge in [-0.1, -0.05) is 0 Å². The van der Waals surface area contributed by atoms with Crippen LogP contribution < -0.4 is 0 Å². The van der Waals surface area contributed by atoms with Crippen molar-refractivity contribution < 1.29 is 13.7 Å². The Morgan fingerprint density at radius 3 is 2.12 bits per heavy atom. The van der Waals surface area contributed by atoms with Gasteiger partial charge < -0.3 is 4.74 Å². The van der Waals surface area contributed by atoms with E-state index in [1.807, 2.05) is 0 Å². The van der Waals surface area contributed by atoms with E-state index < -0.39 is 10.8 Å². The molecule has 96 valence electrons. The molecule has 3 fully saturated rings. The lowest BCUT2D eigenvalue weighted by molar-refractivity contribution is -0.130. The molecule has 3 aliphatic rings. The zero-order valence-electron chi connectivity index (χ0n) is 10.1. The zero-order chi connectivity index (χ0) is 11.8. The van der Waals surface area contributed by atoms with Crippen molar-refractivity contribution in [3.05, 3.63) is 0 Å². The Bertz CT molecular complexity index is 320. The van der Waals surface area contributed by atoms with Gasteiger partial charge in [0.05, 0.1) is 0 Å². The fourth-order valence-corrected chi connectivity index (χ4v) is 5.71. The molecule has 2 atom stereocenters. The van der Waals surface area contributed by atoms with Crippen LogP contribution in [0.15, 0.2) is 0 Å². The molecular weight excluding hydrogens is 236 g/mol. The van der Waals surface area contributed by atoms with Crippen molar-refractivity contribution in [1.29, 1.82) is 0 Å². The number of ether oxygens (including phenoxy) is 1. The molecule has 2 unspecified atom stereocenters. The highest BCUT2D eigenvalue weighted by molar-refractivity contribution is 7.86. The fraction of sp³-hybridized carbons (Fsp3) is 0.923. The molecule has 3 nitrogen and oxygen atoms in total. The van der Waals surface area contributed by atoms with Crippen LogP contribution in [0, 0.1) is 11.8 Å². The van der Waals surface area contributed by atoms with E-state index in [4.69, 9.17) is 4.74 Å². The number of hydrogen-bond acceptors (Lipinski definition) is 3. The third-order valence-electron chi connectivity index (χ3n) is 4.59. The summed E-state index contributed by atoms with van der Waals surface area (Å²) in [5.74, 6) is 0.870. The maximum Gasteiger partial charge on any atom is 0.139 e. The van der Waals surface area contributed by atoms with E-state index in [0.29, 0.717) is 16.3 Å². The molecule has 0 amide bonds. The van der Waals surface area contributed by atoms with Gasteiger partial charge >= 0.3 is 0 Å². The van der Waals surface area contributed by atoms with Crippen LogP contribution >= 0.6 is 0 Å².